The highest BCUT2D eigenvalue weighted by molar-refractivity contribution is 7.25. The first-order chi connectivity index (χ1) is 35.9. The second kappa shape index (κ2) is 16.0. The molecule has 0 aliphatic rings. The van der Waals surface area contributed by atoms with Gasteiger partial charge < -0.3 is 4.40 Å². The van der Waals surface area contributed by atoms with Crippen LogP contribution in [0.2, 0.25) is 0 Å². The molecule has 0 spiro atoms. The third-order valence-corrected chi connectivity index (χ3v) is 18.6. The van der Waals surface area contributed by atoms with E-state index in [1.54, 1.807) is 0 Å². The van der Waals surface area contributed by atoms with Crippen LogP contribution in [-0.2, 0) is 32.5 Å². The van der Waals surface area contributed by atoms with E-state index in [4.69, 9.17) is 0 Å². The Labute approximate surface area is 460 Å². The Bertz CT molecular complexity index is 4500. The van der Waals surface area contributed by atoms with Crippen molar-refractivity contribution in [2.45, 2.75) is 157 Å². The summed E-state index contributed by atoms with van der Waals surface area (Å²) in [6.07, 6.45) is 0. The van der Waals surface area contributed by atoms with Gasteiger partial charge in [0.1, 0.15) is 4.83 Å². The molecule has 5 heterocycles. The van der Waals surface area contributed by atoms with Crippen LogP contribution in [0.15, 0.2) is 133 Å². The first-order valence-electron chi connectivity index (χ1n) is 28.2. The second-order valence-corrected chi connectivity index (χ2v) is 30.3. The lowest BCUT2D eigenvalue weighted by Crippen LogP contribution is -2.16. The molecular formula is C74H76N2S. The van der Waals surface area contributed by atoms with Crippen LogP contribution in [0.25, 0.3) is 119 Å². The normalized spacial score (nSPS) is 13.8. The molecule has 2 nitrogen and oxygen atoms in total. The van der Waals surface area contributed by atoms with Gasteiger partial charge in [0, 0.05) is 53.2 Å². The maximum Gasteiger partial charge on any atom is 0.109 e. The summed E-state index contributed by atoms with van der Waals surface area (Å²) in [6, 6.07) is 53.7. The van der Waals surface area contributed by atoms with E-state index in [2.05, 4.69) is 267 Å². The Morgan fingerprint density at radius 2 is 0.623 bits per heavy atom. The lowest BCUT2D eigenvalue weighted by atomic mass is 9.78. The first kappa shape index (κ1) is 49.9. The quantitative estimate of drug-likeness (QED) is 0.167. The van der Waals surface area contributed by atoms with Gasteiger partial charge in [-0.15, -0.1) is 11.3 Å². The molecule has 0 aliphatic heterocycles. The number of benzene rings is 8. The van der Waals surface area contributed by atoms with Crippen molar-refractivity contribution >= 4 is 96.9 Å². The molecule has 5 aromatic heterocycles. The van der Waals surface area contributed by atoms with Crippen molar-refractivity contribution in [3.05, 3.63) is 167 Å². The van der Waals surface area contributed by atoms with Gasteiger partial charge in [-0.1, -0.05) is 203 Å². The maximum absolute atomic E-state index is 2.63. The minimum Gasteiger partial charge on any atom is -0.308 e. The molecule has 0 aliphatic carbocycles. The number of thiophene rings is 1. The number of fused-ring (bicyclic) bond motifs is 14. The molecule has 8 aromatic carbocycles. The molecule has 0 N–H and O–H groups in total. The van der Waals surface area contributed by atoms with Gasteiger partial charge in [0.15, 0.2) is 0 Å². The molecule has 3 heteroatoms. The summed E-state index contributed by atoms with van der Waals surface area (Å²) in [5.41, 5.74) is 22.3. The van der Waals surface area contributed by atoms with Gasteiger partial charge in [0.05, 0.1) is 27.6 Å². The van der Waals surface area contributed by atoms with E-state index in [1.165, 1.54) is 152 Å². The molecule has 388 valence electrons. The Balaban J connectivity index is 1.16. The Kier molecular flexibility index (Phi) is 10.3. The molecular weight excluding hydrogens is 949 g/mol. The molecule has 0 bridgehead atoms. The van der Waals surface area contributed by atoms with E-state index in [0.717, 1.165) is 0 Å². The summed E-state index contributed by atoms with van der Waals surface area (Å²) in [5.74, 6) is 0. The monoisotopic (exact) mass is 1020 g/mol. The standard InChI is InChI=1S/C74H76N2S/c1-69(2,3)47-25-42(26-48(36-47)70(4,5)6)41-23-24-61-54(31-41)57-32-45(43-27-49(71(7,8)9)37-50(28-43)72(10,11)12)33-58-55-39-56-59-34-46(44-29-51(73(13,14)15)38-52(30-44)74(16,17)18)35-60-65-53-21-19-20-22-64(53)77-68(65)76(67(59)60)63(56)40-62(55)75(61)66(57)58/h19-40H,1-18H3. The number of nitrogens with zero attached hydrogens (tertiary/aromatic N) is 2. The number of hydrogen-bond donors (Lipinski definition) is 0. The average molecular weight is 1030 g/mol. The van der Waals surface area contributed by atoms with Crippen LogP contribution in [0.3, 0.4) is 0 Å². The molecule has 13 rings (SSSR count). The van der Waals surface area contributed by atoms with Crippen molar-refractivity contribution < 1.29 is 0 Å². The van der Waals surface area contributed by atoms with Crippen molar-refractivity contribution in [2.24, 2.45) is 0 Å². The van der Waals surface area contributed by atoms with Crippen molar-refractivity contribution in [3.63, 3.8) is 0 Å². The summed E-state index contributed by atoms with van der Waals surface area (Å²) in [6.45, 7) is 42.3. The van der Waals surface area contributed by atoms with Crippen LogP contribution in [0.1, 0.15) is 158 Å². The predicted molar refractivity (Wildman–Crippen MR) is 340 cm³/mol. The topological polar surface area (TPSA) is 8.82 Å². The smallest absolute Gasteiger partial charge is 0.109 e. The fourth-order valence-corrected chi connectivity index (χ4v) is 13.8. The summed E-state index contributed by atoms with van der Waals surface area (Å²) in [4.78, 5) is 1.32. The molecule has 0 fully saturated rings. The van der Waals surface area contributed by atoms with E-state index in [9.17, 15) is 0 Å². The van der Waals surface area contributed by atoms with E-state index >= 15 is 0 Å². The molecule has 0 radical (unpaired) electrons. The zero-order valence-electron chi connectivity index (χ0n) is 49.0. The molecule has 0 unspecified atom stereocenters. The van der Waals surface area contributed by atoms with Crippen LogP contribution >= 0.6 is 11.3 Å². The molecule has 0 saturated carbocycles. The molecule has 13 aromatic rings. The highest BCUT2D eigenvalue weighted by Gasteiger charge is 2.29. The maximum atomic E-state index is 2.63. The Morgan fingerprint density at radius 3 is 1.06 bits per heavy atom. The van der Waals surface area contributed by atoms with Gasteiger partial charge >= 0.3 is 0 Å². The predicted octanol–water partition coefficient (Wildman–Crippen LogP) is 22.0. The Hall–Kier alpha value is -6.68. The zero-order valence-corrected chi connectivity index (χ0v) is 49.8. The first-order valence-corrected chi connectivity index (χ1v) is 29.0. The molecule has 0 atom stereocenters. The van der Waals surface area contributed by atoms with E-state index in [1.807, 2.05) is 11.3 Å². The number of rotatable bonds is 3. The number of hydrogen-bond acceptors (Lipinski definition) is 1. The highest BCUT2D eigenvalue weighted by Crippen LogP contribution is 2.51. The lowest BCUT2D eigenvalue weighted by Gasteiger charge is -2.26. The number of aromatic nitrogens is 2. The molecule has 77 heavy (non-hydrogen) atoms. The molecule has 0 saturated heterocycles. The second-order valence-electron chi connectivity index (χ2n) is 29.3. The SMILES string of the molecule is CC(C)(C)c1cc(-c2ccc3c(c2)c2cc(-c4cc(C(C)(C)C)cc(C(C)(C)C)c4)cc4c5cc6c7cc(-c8cc(C(C)(C)C)cc(C(C)(C)C)c8)cc8c9c%10ccccc%10sc9n(c6cc5n3c24)c78)cc(C(C)(C)C)c1. The van der Waals surface area contributed by atoms with Crippen LogP contribution in [-0.4, -0.2) is 8.80 Å². The third kappa shape index (κ3) is 7.75. The van der Waals surface area contributed by atoms with Gasteiger partial charge in [-0.3, -0.25) is 4.40 Å². The van der Waals surface area contributed by atoms with E-state index in [-0.39, 0.29) is 32.5 Å². The Morgan fingerprint density at radius 1 is 0.273 bits per heavy atom. The minimum absolute atomic E-state index is 0.00183. The van der Waals surface area contributed by atoms with Gasteiger partial charge in [-0.25, -0.2) is 0 Å². The fraction of sp³-hybridized carbons (Fsp3) is 0.324. The van der Waals surface area contributed by atoms with Gasteiger partial charge in [0.2, 0.25) is 0 Å². The van der Waals surface area contributed by atoms with Gasteiger partial charge in [-0.05, 0) is 154 Å². The van der Waals surface area contributed by atoms with Crippen molar-refractivity contribution in [1.29, 1.82) is 0 Å². The summed E-state index contributed by atoms with van der Waals surface area (Å²) >= 11 is 1.93. The lowest BCUT2D eigenvalue weighted by molar-refractivity contribution is 0.568. The van der Waals surface area contributed by atoms with Crippen LogP contribution in [0.4, 0.5) is 0 Å². The molecule has 0 amide bonds. The van der Waals surface area contributed by atoms with Gasteiger partial charge in [0.25, 0.3) is 0 Å². The minimum atomic E-state index is -0.0128. The van der Waals surface area contributed by atoms with Gasteiger partial charge in [-0.2, -0.15) is 0 Å². The highest BCUT2D eigenvalue weighted by atomic mass is 32.1. The average Bonchev–Trinajstić information content (AvgIpc) is 4.25. The van der Waals surface area contributed by atoms with Crippen molar-refractivity contribution in [3.8, 4) is 33.4 Å². The van der Waals surface area contributed by atoms with Crippen LogP contribution < -0.4 is 0 Å². The summed E-state index contributed by atoms with van der Waals surface area (Å²) in [7, 11) is 0. The van der Waals surface area contributed by atoms with Crippen molar-refractivity contribution in [1.82, 2.24) is 8.80 Å². The third-order valence-electron chi connectivity index (χ3n) is 17.4. The van der Waals surface area contributed by atoms with Crippen molar-refractivity contribution in [2.75, 3.05) is 0 Å². The van der Waals surface area contributed by atoms with Crippen LogP contribution in [0.5, 0.6) is 0 Å². The summed E-state index contributed by atoms with van der Waals surface area (Å²) in [5, 5.41) is 11.9. The zero-order chi connectivity index (χ0) is 54.6. The largest absolute Gasteiger partial charge is 0.308 e. The fourth-order valence-electron chi connectivity index (χ4n) is 12.5. The van der Waals surface area contributed by atoms with E-state index in [0.29, 0.717) is 0 Å². The van der Waals surface area contributed by atoms with E-state index < -0.39 is 0 Å². The van der Waals surface area contributed by atoms with Crippen LogP contribution in [0, 0.1) is 0 Å². The summed E-state index contributed by atoms with van der Waals surface area (Å²) < 4.78 is 6.58.